The minimum atomic E-state index is -0.352. The van der Waals surface area contributed by atoms with Crippen molar-refractivity contribution in [2.75, 3.05) is 33.2 Å². The van der Waals surface area contributed by atoms with Gasteiger partial charge in [0.15, 0.2) is 17.5 Å². The van der Waals surface area contributed by atoms with Crippen LogP contribution in [0, 0.1) is 5.82 Å². The molecule has 1 rings (SSSR count). The summed E-state index contributed by atoms with van der Waals surface area (Å²) in [4.78, 5) is 6.77. The number of hydrogen-bond donors (Lipinski definition) is 2. The van der Waals surface area contributed by atoms with Crippen LogP contribution in [0.5, 0.6) is 5.75 Å². The van der Waals surface area contributed by atoms with Crippen molar-refractivity contribution in [3.8, 4) is 5.75 Å². The van der Waals surface area contributed by atoms with Gasteiger partial charge in [0.1, 0.15) is 6.10 Å². The Hall–Kier alpha value is -1.82. The lowest BCUT2D eigenvalue weighted by Gasteiger charge is -2.22. The molecular formula is C18H31FN4O. The average Bonchev–Trinajstić information content (AvgIpc) is 2.54. The highest BCUT2D eigenvalue weighted by Crippen LogP contribution is 2.16. The molecule has 0 aliphatic rings. The fraction of sp³-hybridized carbons (Fsp3) is 0.611. The summed E-state index contributed by atoms with van der Waals surface area (Å²) in [6.45, 7) is 11.2. The van der Waals surface area contributed by atoms with Gasteiger partial charge in [0.05, 0.1) is 6.54 Å². The SMILES string of the molecule is CCNC(=NCC(C)Oc1ccccc1F)NCCN(C)C(C)C. The maximum atomic E-state index is 13.6. The molecule has 1 aromatic carbocycles. The standard InChI is InChI=1S/C18H31FN4O/c1-6-20-18(21-11-12-23(5)14(2)3)22-13-15(4)24-17-10-8-7-9-16(17)19/h7-10,14-15H,6,11-13H2,1-5H3,(H2,20,21,22). The smallest absolute Gasteiger partial charge is 0.191 e. The summed E-state index contributed by atoms with van der Waals surface area (Å²) in [6, 6.07) is 6.93. The number of ether oxygens (including phenoxy) is 1. The predicted octanol–water partition coefficient (Wildman–Crippen LogP) is 2.49. The van der Waals surface area contributed by atoms with E-state index in [1.165, 1.54) is 6.07 Å². The largest absolute Gasteiger partial charge is 0.486 e. The Morgan fingerprint density at radius 1 is 1.25 bits per heavy atom. The first-order valence-electron chi connectivity index (χ1n) is 8.57. The van der Waals surface area contributed by atoms with Gasteiger partial charge in [0, 0.05) is 25.7 Å². The second kappa shape index (κ2) is 10.9. The van der Waals surface area contributed by atoms with Gasteiger partial charge in [0.25, 0.3) is 0 Å². The Morgan fingerprint density at radius 2 is 1.96 bits per heavy atom. The van der Waals surface area contributed by atoms with Crippen molar-refractivity contribution < 1.29 is 9.13 Å². The molecule has 0 saturated heterocycles. The highest BCUT2D eigenvalue weighted by molar-refractivity contribution is 5.79. The number of guanidine groups is 1. The summed E-state index contributed by atoms with van der Waals surface area (Å²) < 4.78 is 19.2. The zero-order valence-electron chi connectivity index (χ0n) is 15.5. The summed E-state index contributed by atoms with van der Waals surface area (Å²) >= 11 is 0. The van der Waals surface area contributed by atoms with Crippen LogP contribution < -0.4 is 15.4 Å². The lowest BCUT2D eigenvalue weighted by atomic mass is 10.3. The Kier molecular flexibility index (Phi) is 9.15. The van der Waals surface area contributed by atoms with Crippen molar-refractivity contribution in [1.29, 1.82) is 0 Å². The number of rotatable bonds is 9. The zero-order chi connectivity index (χ0) is 17.9. The number of para-hydroxylation sites is 1. The van der Waals surface area contributed by atoms with E-state index in [0.717, 1.165) is 25.6 Å². The number of likely N-dealkylation sites (N-methyl/N-ethyl adjacent to an activating group) is 1. The molecular weight excluding hydrogens is 307 g/mol. The molecule has 2 N–H and O–H groups in total. The third-order valence-corrected chi connectivity index (χ3v) is 3.65. The van der Waals surface area contributed by atoms with E-state index in [1.54, 1.807) is 18.2 Å². The lowest BCUT2D eigenvalue weighted by molar-refractivity contribution is 0.220. The second-order valence-electron chi connectivity index (χ2n) is 6.08. The molecule has 24 heavy (non-hydrogen) atoms. The van der Waals surface area contributed by atoms with E-state index < -0.39 is 0 Å². The molecule has 0 heterocycles. The molecule has 136 valence electrons. The van der Waals surface area contributed by atoms with E-state index in [2.05, 4.69) is 41.4 Å². The van der Waals surface area contributed by atoms with Crippen molar-refractivity contribution in [1.82, 2.24) is 15.5 Å². The normalized spacial score (nSPS) is 13.2. The van der Waals surface area contributed by atoms with Gasteiger partial charge in [0.2, 0.25) is 0 Å². The van der Waals surface area contributed by atoms with Gasteiger partial charge in [-0.2, -0.15) is 0 Å². The van der Waals surface area contributed by atoms with Gasteiger partial charge < -0.3 is 20.3 Å². The van der Waals surface area contributed by atoms with E-state index >= 15 is 0 Å². The average molecular weight is 338 g/mol. The summed E-state index contributed by atoms with van der Waals surface area (Å²) in [6.07, 6.45) is -0.212. The Balaban J connectivity index is 2.47. The van der Waals surface area contributed by atoms with E-state index in [9.17, 15) is 4.39 Å². The molecule has 0 bridgehead atoms. The van der Waals surface area contributed by atoms with E-state index in [1.807, 2.05) is 13.8 Å². The van der Waals surface area contributed by atoms with E-state index in [-0.39, 0.29) is 17.7 Å². The highest BCUT2D eigenvalue weighted by Gasteiger charge is 2.08. The number of aliphatic imine (C=N–C) groups is 1. The summed E-state index contributed by atoms with van der Waals surface area (Å²) in [5.74, 6) is 0.658. The minimum absolute atomic E-state index is 0.212. The Morgan fingerprint density at radius 3 is 2.58 bits per heavy atom. The molecule has 6 heteroatoms. The van der Waals surface area contributed by atoms with Crippen molar-refractivity contribution in [3.05, 3.63) is 30.1 Å². The van der Waals surface area contributed by atoms with Crippen LogP contribution in [-0.2, 0) is 0 Å². The molecule has 1 unspecified atom stereocenters. The van der Waals surface area contributed by atoms with Crippen molar-refractivity contribution >= 4 is 5.96 Å². The maximum absolute atomic E-state index is 13.6. The highest BCUT2D eigenvalue weighted by atomic mass is 19.1. The molecule has 0 radical (unpaired) electrons. The fourth-order valence-electron chi connectivity index (χ4n) is 1.96. The van der Waals surface area contributed by atoms with Gasteiger partial charge in [-0.3, -0.25) is 0 Å². The molecule has 0 aliphatic heterocycles. The summed E-state index contributed by atoms with van der Waals surface area (Å²) in [7, 11) is 2.10. The maximum Gasteiger partial charge on any atom is 0.191 e. The third kappa shape index (κ3) is 7.64. The number of halogens is 1. The number of nitrogens with zero attached hydrogens (tertiary/aromatic N) is 2. The molecule has 0 saturated carbocycles. The Bertz CT molecular complexity index is 508. The van der Waals surface area contributed by atoms with Crippen molar-refractivity contribution in [2.45, 2.75) is 39.8 Å². The van der Waals surface area contributed by atoms with Gasteiger partial charge in [-0.05, 0) is 46.9 Å². The molecule has 0 fully saturated rings. The first-order valence-corrected chi connectivity index (χ1v) is 8.57. The summed E-state index contributed by atoms with van der Waals surface area (Å²) in [5.41, 5.74) is 0. The van der Waals surface area contributed by atoms with Crippen LogP contribution in [0.4, 0.5) is 4.39 Å². The third-order valence-electron chi connectivity index (χ3n) is 3.65. The van der Waals surface area contributed by atoms with Gasteiger partial charge in [-0.25, -0.2) is 9.38 Å². The van der Waals surface area contributed by atoms with Gasteiger partial charge in [-0.1, -0.05) is 12.1 Å². The molecule has 1 aromatic rings. The van der Waals surface area contributed by atoms with Crippen LogP contribution in [0.3, 0.4) is 0 Å². The van der Waals surface area contributed by atoms with E-state index in [4.69, 9.17) is 4.74 Å². The molecule has 0 spiro atoms. The quantitative estimate of drug-likeness (QED) is 0.536. The fourth-order valence-corrected chi connectivity index (χ4v) is 1.96. The van der Waals surface area contributed by atoms with Crippen LogP contribution in [0.1, 0.15) is 27.7 Å². The molecule has 0 aliphatic carbocycles. The van der Waals surface area contributed by atoms with Gasteiger partial charge in [-0.15, -0.1) is 0 Å². The Labute approximate surface area is 145 Å². The van der Waals surface area contributed by atoms with Crippen molar-refractivity contribution in [2.24, 2.45) is 4.99 Å². The zero-order valence-corrected chi connectivity index (χ0v) is 15.5. The predicted molar refractivity (Wildman–Crippen MR) is 98.2 cm³/mol. The number of nitrogens with one attached hydrogen (secondary N) is 2. The summed E-state index contributed by atoms with van der Waals surface area (Å²) in [5, 5.41) is 6.51. The molecule has 5 nitrogen and oxygen atoms in total. The monoisotopic (exact) mass is 338 g/mol. The second-order valence-corrected chi connectivity index (χ2v) is 6.08. The first kappa shape index (κ1) is 20.2. The molecule has 0 aromatic heterocycles. The topological polar surface area (TPSA) is 48.9 Å². The van der Waals surface area contributed by atoms with Crippen LogP contribution in [0.2, 0.25) is 0 Å². The lowest BCUT2D eigenvalue weighted by Crippen LogP contribution is -2.42. The molecule has 1 atom stereocenters. The molecule has 0 amide bonds. The van der Waals surface area contributed by atoms with Crippen LogP contribution in [0.15, 0.2) is 29.3 Å². The van der Waals surface area contributed by atoms with Crippen LogP contribution in [-0.4, -0.2) is 56.2 Å². The van der Waals surface area contributed by atoms with Gasteiger partial charge >= 0.3 is 0 Å². The first-order chi connectivity index (χ1) is 11.4. The number of benzene rings is 1. The minimum Gasteiger partial charge on any atom is -0.486 e. The van der Waals surface area contributed by atoms with Crippen LogP contribution in [0.25, 0.3) is 0 Å². The van der Waals surface area contributed by atoms with Crippen LogP contribution >= 0.6 is 0 Å². The van der Waals surface area contributed by atoms with E-state index in [0.29, 0.717) is 12.6 Å². The van der Waals surface area contributed by atoms with Crippen molar-refractivity contribution in [3.63, 3.8) is 0 Å². The number of hydrogen-bond acceptors (Lipinski definition) is 3.